The standard InChI is InChI=1S/C13H10BrCl2NO/c14-10-3-1-8(11(15)6-10)5-12(18)9-2-4-13(16)17-7-9/h1-4,6-7,12,18H,5H2. The number of aliphatic hydroxyl groups excluding tert-OH is 1. The van der Waals surface area contributed by atoms with Gasteiger partial charge >= 0.3 is 0 Å². The highest BCUT2D eigenvalue weighted by Crippen LogP contribution is 2.26. The molecule has 0 radical (unpaired) electrons. The van der Waals surface area contributed by atoms with E-state index in [4.69, 9.17) is 23.2 Å². The third-order valence-corrected chi connectivity index (χ3v) is 3.63. The smallest absolute Gasteiger partial charge is 0.129 e. The van der Waals surface area contributed by atoms with Gasteiger partial charge in [-0.1, -0.05) is 51.3 Å². The molecule has 0 aliphatic heterocycles. The van der Waals surface area contributed by atoms with Crippen LogP contribution in [-0.2, 0) is 6.42 Å². The lowest BCUT2D eigenvalue weighted by Gasteiger charge is -2.12. The van der Waals surface area contributed by atoms with Crippen molar-refractivity contribution in [2.24, 2.45) is 0 Å². The summed E-state index contributed by atoms with van der Waals surface area (Å²) in [7, 11) is 0. The highest BCUT2D eigenvalue weighted by Gasteiger charge is 2.11. The summed E-state index contributed by atoms with van der Waals surface area (Å²) < 4.78 is 0.916. The summed E-state index contributed by atoms with van der Waals surface area (Å²) in [5, 5.41) is 11.1. The number of hydrogen-bond acceptors (Lipinski definition) is 2. The van der Waals surface area contributed by atoms with Crippen molar-refractivity contribution in [1.82, 2.24) is 4.98 Å². The van der Waals surface area contributed by atoms with Crippen molar-refractivity contribution >= 4 is 39.1 Å². The van der Waals surface area contributed by atoms with Crippen molar-refractivity contribution in [3.8, 4) is 0 Å². The van der Waals surface area contributed by atoms with E-state index in [0.29, 0.717) is 16.6 Å². The van der Waals surface area contributed by atoms with E-state index in [9.17, 15) is 5.11 Å². The maximum Gasteiger partial charge on any atom is 0.129 e. The summed E-state index contributed by atoms with van der Waals surface area (Å²) in [6, 6.07) is 9.01. The third-order valence-electron chi connectivity index (χ3n) is 2.56. The second-order valence-electron chi connectivity index (χ2n) is 3.87. The first-order valence-electron chi connectivity index (χ1n) is 5.29. The minimum absolute atomic E-state index is 0.410. The predicted octanol–water partition coefficient (Wildman–Crippen LogP) is 4.43. The molecule has 0 saturated heterocycles. The maximum absolute atomic E-state index is 10.1. The zero-order valence-corrected chi connectivity index (χ0v) is 12.4. The largest absolute Gasteiger partial charge is 0.388 e. The summed E-state index contributed by atoms with van der Waals surface area (Å²) in [5.41, 5.74) is 1.61. The van der Waals surface area contributed by atoms with Crippen molar-refractivity contribution in [2.75, 3.05) is 0 Å². The molecule has 2 nitrogen and oxygen atoms in total. The first-order chi connectivity index (χ1) is 8.56. The molecule has 0 amide bonds. The van der Waals surface area contributed by atoms with Crippen LogP contribution in [0.1, 0.15) is 17.2 Å². The number of pyridine rings is 1. The second-order valence-corrected chi connectivity index (χ2v) is 5.58. The van der Waals surface area contributed by atoms with Crippen molar-refractivity contribution in [3.05, 3.63) is 62.3 Å². The van der Waals surface area contributed by atoms with E-state index < -0.39 is 6.10 Å². The first kappa shape index (κ1) is 13.8. The number of aromatic nitrogens is 1. The molecule has 1 unspecified atom stereocenters. The van der Waals surface area contributed by atoms with Gasteiger partial charge in [0.2, 0.25) is 0 Å². The van der Waals surface area contributed by atoms with Crippen LogP contribution in [0.15, 0.2) is 41.0 Å². The van der Waals surface area contributed by atoms with E-state index in [2.05, 4.69) is 20.9 Å². The van der Waals surface area contributed by atoms with Gasteiger partial charge in [0.15, 0.2) is 0 Å². The van der Waals surface area contributed by atoms with Gasteiger partial charge in [-0.25, -0.2) is 4.98 Å². The summed E-state index contributed by atoms with van der Waals surface area (Å²) >= 11 is 15.2. The fourth-order valence-electron chi connectivity index (χ4n) is 1.60. The average Bonchev–Trinajstić information content (AvgIpc) is 2.33. The van der Waals surface area contributed by atoms with Crippen LogP contribution in [0.25, 0.3) is 0 Å². The van der Waals surface area contributed by atoms with Crippen LogP contribution in [0.5, 0.6) is 0 Å². The Balaban J connectivity index is 2.15. The molecule has 1 aromatic carbocycles. The van der Waals surface area contributed by atoms with Crippen LogP contribution in [0, 0.1) is 0 Å². The van der Waals surface area contributed by atoms with Gasteiger partial charge in [-0.2, -0.15) is 0 Å². The SMILES string of the molecule is OC(Cc1ccc(Br)cc1Cl)c1ccc(Cl)nc1. The van der Waals surface area contributed by atoms with Crippen LogP contribution in [-0.4, -0.2) is 10.1 Å². The van der Waals surface area contributed by atoms with E-state index in [0.717, 1.165) is 15.6 Å². The van der Waals surface area contributed by atoms with E-state index in [1.165, 1.54) is 0 Å². The molecule has 0 aliphatic carbocycles. The summed E-state index contributed by atoms with van der Waals surface area (Å²) in [6.07, 6.45) is 1.36. The minimum Gasteiger partial charge on any atom is -0.388 e. The Morgan fingerprint density at radius 3 is 2.61 bits per heavy atom. The van der Waals surface area contributed by atoms with Gasteiger partial charge in [-0.15, -0.1) is 0 Å². The number of benzene rings is 1. The lowest BCUT2D eigenvalue weighted by Crippen LogP contribution is -2.02. The Hall–Kier alpha value is -0.610. The van der Waals surface area contributed by atoms with Crippen molar-refractivity contribution in [3.63, 3.8) is 0 Å². The molecule has 94 valence electrons. The zero-order chi connectivity index (χ0) is 13.1. The molecule has 0 saturated carbocycles. The fraction of sp³-hybridized carbons (Fsp3) is 0.154. The van der Waals surface area contributed by atoms with Gasteiger partial charge < -0.3 is 5.11 Å². The van der Waals surface area contributed by atoms with Crippen LogP contribution in [0.2, 0.25) is 10.2 Å². The number of rotatable bonds is 3. The van der Waals surface area contributed by atoms with Crippen molar-refractivity contribution < 1.29 is 5.11 Å². The van der Waals surface area contributed by atoms with Gasteiger partial charge in [0, 0.05) is 22.1 Å². The van der Waals surface area contributed by atoms with Gasteiger partial charge in [0.25, 0.3) is 0 Å². The Morgan fingerprint density at radius 2 is 2.00 bits per heavy atom. The summed E-state index contributed by atoms with van der Waals surface area (Å²) in [4.78, 5) is 3.94. The first-order valence-corrected chi connectivity index (χ1v) is 6.84. The number of aliphatic hydroxyl groups is 1. The average molecular weight is 347 g/mol. The quantitative estimate of drug-likeness (QED) is 0.834. The normalized spacial score (nSPS) is 12.4. The highest BCUT2D eigenvalue weighted by molar-refractivity contribution is 9.10. The van der Waals surface area contributed by atoms with Gasteiger partial charge in [-0.3, -0.25) is 0 Å². The van der Waals surface area contributed by atoms with Gasteiger partial charge in [-0.05, 0) is 29.3 Å². The molecule has 0 bridgehead atoms. The van der Waals surface area contributed by atoms with Crippen molar-refractivity contribution in [1.29, 1.82) is 0 Å². The summed E-state index contributed by atoms with van der Waals surface area (Å²) in [6.45, 7) is 0. The summed E-state index contributed by atoms with van der Waals surface area (Å²) in [5.74, 6) is 0. The fourth-order valence-corrected chi connectivity index (χ4v) is 2.46. The number of nitrogens with zero attached hydrogens (tertiary/aromatic N) is 1. The van der Waals surface area contributed by atoms with E-state index >= 15 is 0 Å². The molecular formula is C13H10BrCl2NO. The molecule has 1 heterocycles. The topological polar surface area (TPSA) is 33.1 Å². The molecule has 0 fully saturated rings. The molecule has 0 spiro atoms. The van der Waals surface area contributed by atoms with Gasteiger partial charge in [0.1, 0.15) is 5.15 Å². The molecular weight excluding hydrogens is 337 g/mol. The Labute approximate surface area is 124 Å². The van der Waals surface area contributed by atoms with Crippen LogP contribution < -0.4 is 0 Å². The Bertz CT molecular complexity index is 545. The van der Waals surface area contributed by atoms with Crippen LogP contribution >= 0.6 is 39.1 Å². The van der Waals surface area contributed by atoms with Gasteiger partial charge in [0.05, 0.1) is 6.10 Å². The molecule has 2 aromatic rings. The van der Waals surface area contributed by atoms with Crippen molar-refractivity contribution in [2.45, 2.75) is 12.5 Å². The van der Waals surface area contributed by atoms with Crippen LogP contribution in [0.3, 0.4) is 0 Å². The van der Waals surface area contributed by atoms with Crippen LogP contribution in [0.4, 0.5) is 0 Å². The Morgan fingerprint density at radius 1 is 1.22 bits per heavy atom. The van der Waals surface area contributed by atoms with E-state index in [1.807, 2.05) is 18.2 Å². The molecule has 1 N–H and O–H groups in total. The minimum atomic E-state index is -0.645. The molecule has 1 aromatic heterocycles. The Kier molecular flexibility index (Phi) is 4.62. The number of halogens is 3. The highest BCUT2D eigenvalue weighted by atomic mass is 79.9. The molecule has 1 atom stereocenters. The van der Waals surface area contributed by atoms with E-state index in [-0.39, 0.29) is 0 Å². The zero-order valence-electron chi connectivity index (χ0n) is 9.28. The molecule has 18 heavy (non-hydrogen) atoms. The molecule has 0 aliphatic rings. The van der Waals surface area contributed by atoms with E-state index in [1.54, 1.807) is 18.3 Å². The predicted molar refractivity (Wildman–Crippen MR) is 77.1 cm³/mol. The lowest BCUT2D eigenvalue weighted by atomic mass is 10.0. The lowest BCUT2D eigenvalue weighted by molar-refractivity contribution is 0.178. The molecule has 2 rings (SSSR count). The molecule has 5 heteroatoms. The third kappa shape index (κ3) is 3.45. The second kappa shape index (κ2) is 6.02. The maximum atomic E-state index is 10.1. The number of hydrogen-bond donors (Lipinski definition) is 1. The monoisotopic (exact) mass is 345 g/mol.